The minimum absolute atomic E-state index is 0.00221. The van der Waals surface area contributed by atoms with E-state index in [4.69, 9.17) is 4.74 Å². The fraction of sp³-hybridized carbons (Fsp3) is 0.333. The van der Waals surface area contributed by atoms with Crippen molar-refractivity contribution in [3.05, 3.63) is 22.8 Å². The summed E-state index contributed by atoms with van der Waals surface area (Å²) in [6.07, 6.45) is 1.79. The second-order valence-electron chi connectivity index (χ2n) is 3.83. The summed E-state index contributed by atoms with van der Waals surface area (Å²) in [4.78, 5) is 22.4. The number of hydrogen-bond acceptors (Lipinski definition) is 3. The molecule has 1 aliphatic heterocycles. The molecule has 0 atom stereocenters. The van der Waals surface area contributed by atoms with Gasteiger partial charge in [0.05, 0.1) is 12.7 Å². The molecule has 16 heavy (non-hydrogen) atoms. The van der Waals surface area contributed by atoms with Crippen LogP contribution in [-0.2, 0) is 11.2 Å². The molecule has 1 N–H and O–H groups in total. The molecule has 4 nitrogen and oxygen atoms in total. The summed E-state index contributed by atoms with van der Waals surface area (Å²) >= 11 is 0. The van der Waals surface area contributed by atoms with Gasteiger partial charge in [-0.15, -0.1) is 0 Å². The molecule has 1 aromatic rings. The molecule has 0 aromatic heterocycles. The number of rotatable bonds is 2. The Morgan fingerprint density at radius 2 is 2.19 bits per heavy atom. The molecular formula is C12H13NO3. The van der Waals surface area contributed by atoms with Crippen LogP contribution in [0.1, 0.15) is 27.9 Å². The van der Waals surface area contributed by atoms with E-state index < -0.39 is 0 Å². The largest absolute Gasteiger partial charge is 0.496 e. The number of benzene rings is 1. The fourth-order valence-electron chi connectivity index (χ4n) is 2.04. The van der Waals surface area contributed by atoms with Crippen LogP contribution in [0.25, 0.3) is 0 Å². The van der Waals surface area contributed by atoms with Crippen molar-refractivity contribution >= 4 is 17.9 Å². The van der Waals surface area contributed by atoms with Crippen molar-refractivity contribution in [3.63, 3.8) is 0 Å². The van der Waals surface area contributed by atoms with E-state index in [0.717, 1.165) is 23.1 Å². The Morgan fingerprint density at radius 3 is 2.81 bits per heavy atom. The van der Waals surface area contributed by atoms with E-state index >= 15 is 0 Å². The summed E-state index contributed by atoms with van der Waals surface area (Å²) < 4.78 is 5.17. The maximum atomic E-state index is 11.3. The number of ether oxygens (including phenoxy) is 1. The number of amides is 1. The molecule has 0 aliphatic carbocycles. The van der Waals surface area contributed by atoms with Gasteiger partial charge in [0.15, 0.2) is 6.29 Å². The third kappa shape index (κ3) is 1.56. The Labute approximate surface area is 93.6 Å². The van der Waals surface area contributed by atoms with E-state index in [0.29, 0.717) is 24.2 Å². The highest BCUT2D eigenvalue weighted by molar-refractivity contribution is 5.98. The van der Waals surface area contributed by atoms with Crippen LogP contribution < -0.4 is 10.1 Å². The molecule has 1 aliphatic rings. The van der Waals surface area contributed by atoms with Crippen molar-refractivity contribution in [2.45, 2.75) is 19.8 Å². The van der Waals surface area contributed by atoms with Crippen LogP contribution >= 0.6 is 0 Å². The number of nitrogens with one attached hydrogen (secondary N) is 1. The molecule has 2 rings (SSSR count). The summed E-state index contributed by atoms with van der Waals surface area (Å²) in [6, 6.07) is 1.77. The molecule has 84 valence electrons. The van der Waals surface area contributed by atoms with E-state index in [2.05, 4.69) is 5.32 Å². The SMILES string of the molecule is COc1cc(C)c2c(c1C=O)CCC(=O)N2. The number of fused-ring (bicyclic) bond motifs is 1. The van der Waals surface area contributed by atoms with Gasteiger partial charge < -0.3 is 10.1 Å². The minimum atomic E-state index is -0.00221. The molecule has 1 heterocycles. The van der Waals surface area contributed by atoms with Crippen LogP contribution in [0.15, 0.2) is 6.07 Å². The second-order valence-corrected chi connectivity index (χ2v) is 3.83. The van der Waals surface area contributed by atoms with Gasteiger partial charge in [-0.1, -0.05) is 0 Å². The third-order valence-corrected chi connectivity index (χ3v) is 2.84. The fourth-order valence-corrected chi connectivity index (χ4v) is 2.04. The third-order valence-electron chi connectivity index (χ3n) is 2.84. The lowest BCUT2D eigenvalue weighted by Gasteiger charge is -2.22. The second kappa shape index (κ2) is 3.96. The highest BCUT2D eigenvalue weighted by atomic mass is 16.5. The van der Waals surface area contributed by atoms with Crippen LogP contribution in [0.3, 0.4) is 0 Å². The summed E-state index contributed by atoms with van der Waals surface area (Å²) in [5.41, 5.74) is 3.11. The number of methoxy groups -OCH3 is 1. The first-order valence-corrected chi connectivity index (χ1v) is 5.13. The van der Waals surface area contributed by atoms with E-state index in [9.17, 15) is 9.59 Å². The highest BCUT2D eigenvalue weighted by Crippen LogP contribution is 2.34. The van der Waals surface area contributed by atoms with Gasteiger partial charge >= 0.3 is 0 Å². The predicted octanol–water partition coefficient (Wildman–Crippen LogP) is 1.70. The maximum Gasteiger partial charge on any atom is 0.224 e. The summed E-state index contributed by atoms with van der Waals surface area (Å²) in [5.74, 6) is 0.569. The molecular weight excluding hydrogens is 206 g/mol. The Morgan fingerprint density at radius 1 is 1.44 bits per heavy atom. The van der Waals surface area contributed by atoms with Crippen molar-refractivity contribution < 1.29 is 14.3 Å². The standard InChI is InChI=1S/C12H13NO3/c1-7-5-10(16-2)9(6-14)8-3-4-11(15)13-12(7)8/h5-6H,3-4H2,1-2H3,(H,13,15). The Balaban J connectivity index is 2.65. The van der Waals surface area contributed by atoms with Crippen LogP contribution in [-0.4, -0.2) is 19.3 Å². The lowest BCUT2D eigenvalue weighted by atomic mass is 9.94. The van der Waals surface area contributed by atoms with Crippen LogP contribution in [0.4, 0.5) is 5.69 Å². The minimum Gasteiger partial charge on any atom is -0.496 e. The molecule has 0 bridgehead atoms. The number of aldehydes is 1. The Bertz CT molecular complexity index is 466. The van der Waals surface area contributed by atoms with Crippen molar-refractivity contribution in [2.75, 3.05) is 12.4 Å². The van der Waals surface area contributed by atoms with Gasteiger partial charge in [-0.3, -0.25) is 9.59 Å². The average molecular weight is 219 g/mol. The van der Waals surface area contributed by atoms with Gasteiger partial charge in [-0.25, -0.2) is 0 Å². The molecule has 0 spiro atoms. The summed E-state index contributed by atoms with van der Waals surface area (Å²) in [5, 5.41) is 2.80. The van der Waals surface area contributed by atoms with Gasteiger partial charge in [-0.2, -0.15) is 0 Å². The zero-order chi connectivity index (χ0) is 11.7. The molecule has 1 aromatic carbocycles. The monoisotopic (exact) mass is 219 g/mol. The van der Waals surface area contributed by atoms with Gasteiger partial charge in [-0.05, 0) is 30.5 Å². The zero-order valence-corrected chi connectivity index (χ0v) is 9.29. The predicted molar refractivity (Wildman–Crippen MR) is 60.1 cm³/mol. The highest BCUT2D eigenvalue weighted by Gasteiger charge is 2.22. The van der Waals surface area contributed by atoms with E-state index in [1.165, 1.54) is 7.11 Å². The molecule has 0 unspecified atom stereocenters. The topological polar surface area (TPSA) is 55.4 Å². The van der Waals surface area contributed by atoms with E-state index in [-0.39, 0.29) is 5.91 Å². The number of carbonyl (C=O) groups excluding carboxylic acids is 2. The first-order chi connectivity index (χ1) is 7.67. The van der Waals surface area contributed by atoms with Crippen LogP contribution in [0, 0.1) is 6.92 Å². The quantitative estimate of drug-likeness (QED) is 0.770. The molecule has 1 amide bonds. The average Bonchev–Trinajstić information content (AvgIpc) is 2.29. The van der Waals surface area contributed by atoms with Gasteiger partial charge in [0.25, 0.3) is 0 Å². The van der Waals surface area contributed by atoms with Crippen molar-refractivity contribution in [1.29, 1.82) is 0 Å². The van der Waals surface area contributed by atoms with E-state index in [1.54, 1.807) is 6.07 Å². The first kappa shape index (κ1) is 10.7. The van der Waals surface area contributed by atoms with Gasteiger partial charge in [0, 0.05) is 12.1 Å². The maximum absolute atomic E-state index is 11.3. The molecule has 0 radical (unpaired) electrons. The van der Waals surface area contributed by atoms with Gasteiger partial charge in [0.2, 0.25) is 5.91 Å². The number of hydrogen-bond donors (Lipinski definition) is 1. The Hall–Kier alpha value is -1.84. The van der Waals surface area contributed by atoms with Crippen LogP contribution in [0.2, 0.25) is 0 Å². The van der Waals surface area contributed by atoms with Crippen LogP contribution in [0.5, 0.6) is 5.75 Å². The summed E-state index contributed by atoms with van der Waals surface area (Å²) in [7, 11) is 1.54. The lowest BCUT2D eigenvalue weighted by Crippen LogP contribution is -2.21. The van der Waals surface area contributed by atoms with E-state index in [1.807, 2.05) is 6.92 Å². The molecule has 0 saturated heterocycles. The zero-order valence-electron chi connectivity index (χ0n) is 9.29. The number of carbonyl (C=O) groups is 2. The summed E-state index contributed by atoms with van der Waals surface area (Å²) in [6.45, 7) is 1.89. The van der Waals surface area contributed by atoms with Gasteiger partial charge in [0.1, 0.15) is 5.75 Å². The van der Waals surface area contributed by atoms with Crippen molar-refractivity contribution in [1.82, 2.24) is 0 Å². The molecule has 4 heteroatoms. The molecule has 0 fully saturated rings. The molecule has 0 saturated carbocycles. The number of aryl methyl sites for hydroxylation is 1. The first-order valence-electron chi connectivity index (χ1n) is 5.13. The smallest absolute Gasteiger partial charge is 0.224 e. The normalized spacial score (nSPS) is 14.0. The van der Waals surface area contributed by atoms with Crippen molar-refractivity contribution in [2.24, 2.45) is 0 Å². The number of anilines is 1. The Kier molecular flexibility index (Phi) is 2.64. The van der Waals surface area contributed by atoms with Crippen molar-refractivity contribution in [3.8, 4) is 5.75 Å². The lowest BCUT2D eigenvalue weighted by molar-refractivity contribution is -0.116.